The van der Waals surface area contributed by atoms with E-state index in [0.29, 0.717) is 24.9 Å². The Kier molecular flexibility index (Phi) is 4.02. The first kappa shape index (κ1) is 13.6. The van der Waals surface area contributed by atoms with Crippen molar-refractivity contribution in [1.29, 1.82) is 0 Å². The Bertz CT molecular complexity index is 515. The molecule has 0 radical (unpaired) electrons. The van der Waals surface area contributed by atoms with Crippen molar-refractivity contribution >= 4 is 5.78 Å². The minimum absolute atomic E-state index is 0.00493. The molecule has 1 saturated heterocycles. The lowest BCUT2D eigenvalue weighted by atomic mass is 9.86. The van der Waals surface area contributed by atoms with Gasteiger partial charge in [0.1, 0.15) is 0 Å². The fourth-order valence-corrected chi connectivity index (χ4v) is 3.52. The first-order valence-corrected chi connectivity index (χ1v) is 7.71. The van der Waals surface area contributed by atoms with Crippen LogP contribution in [0.2, 0.25) is 0 Å². The van der Waals surface area contributed by atoms with Gasteiger partial charge in [-0.05, 0) is 29.6 Å². The third-order valence-corrected chi connectivity index (χ3v) is 4.56. The normalized spacial score (nSPS) is 25.4. The average Bonchev–Trinajstić information content (AvgIpc) is 3.02. The number of hydrogen-bond donors (Lipinski definition) is 0. The van der Waals surface area contributed by atoms with E-state index in [1.807, 2.05) is 18.2 Å². The molecule has 0 N–H and O–H groups in total. The lowest BCUT2D eigenvalue weighted by Crippen LogP contribution is -2.17. The highest BCUT2D eigenvalue weighted by Gasteiger charge is 2.44. The van der Waals surface area contributed by atoms with Crippen molar-refractivity contribution in [3.8, 4) is 0 Å². The summed E-state index contributed by atoms with van der Waals surface area (Å²) in [5, 5.41) is 0. The van der Waals surface area contributed by atoms with Crippen LogP contribution in [0.4, 0.5) is 0 Å². The van der Waals surface area contributed by atoms with Crippen LogP contribution in [0.15, 0.2) is 41.5 Å². The number of carbonyl (C=O) groups excluding carboxylic acids is 1. The Morgan fingerprint density at radius 1 is 1.20 bits per heavy atom. The highest BCUT2D eigenvalue weighted by molar-refractivity contribution is 6.04. The van der Waals surface area contributed by atoms with E-state index in [4.69, 9.17) is 4.74 Å². The van der Waals surface area contributed by atoms with E-state index in [0.717, 1.165) is 24.0 Å². The molecule has 1 aliphatic carbocycles. The molecule has 0 bridgehead atoms. The van der Waals surface area contributed by atoms with Gasteiger partial charge >= 0.3 is 0 Å². The molecule has 1 heterocycles. The van der Waals surface area contributed by atoms with E-state index in [-0.39, 0.29) is 5.92 Å². The Balaban J connectivity index is 1.85. The van der Waals surface area contributed by atoms with Crippen LogP contribution in [-0.2, 0) is 9.53 Å². The van der Waals surface area contributed by atoms with Gasteiger partial charge in [-0.2, -0.15) is 0 Å². The minimum atomic E-state index is 0.00493. The third-order valence-electron chi connectivity index (χ3n) is 4.56. The van der Waals surface area contributed by atoms with Gasteiger partial charge in [0.25, 0.3) is 0 Å². The number of hydrogen-bond acceptors (Lipinski definition) is 2. The number of rotatable bonds is 5. The number of ether oxygens (including phenoxy) is 1. The molecule has 2 nitrogen and oxygen atoms in total. The van der Waals surface area contributed by atoms with Crippen LogP contribution in [0.5, 0.6) is 0 Å². The first-order chi connectivity index (χ1) is 9.83. The lowest BCUT2D eigenvalue weighted by molar-refractivity contribution is -0.117. The first-order valence-electron chi connectivity index (χ1n) is 7.71. The minimum Gasteiger partial charge on any atom is -0.376 e. The Morgan fingerprint density at radius 2 is 2.00 bits per heavy atom. The fourth-order valence-electron chi connectivity index (χ4n) is 3.52. The van der Waals surface area contributed by atoms with Crippen molar-refractivity contribution < 1.29 is 9.53 Å². The van der Waals surface area contributed by atoms with Crippen LogP contribution in [0.25, 0.3) is 0 Å². The maximum Gasteiger partial charge on any atom is 0.167 e. The summed E-state index contributed by atoms with van der Waals surface area (Å²) >= 11 is 0. The molecule has 0 amide bonds. The highest BCUT2D eigenvalue weighted by Crippen LogP contribution is 2.45. The van der Waals surface area contributed by atoms with Crippen LogP contribution < -0.4 is 0 Å². The summed E-state index contributed by atoms with van der Waals surface area (Å²) in [6.45, 7) is 3.57. The van der Waals surface area contributed by atoms with E-state index in [1.54, 1.807) is 0 Å². The van der Waals surface area contributed by atoms with Crippen LogP contribution in [-0.4, -0.2) is 19.0 Å². The number of Topliss-reactive ketones (excluding diaryl/α,β-unsaturated/α-hetero) is 1. The van der Waals surface area contributed by atoms with Crippen molar-refractivity contribution in [2.75, 3.05) is 13.2 Å². The topological polar surface area (TPSA) is 26.3 Å². The molecule has 2 aliphatic rings. The second kappa shape index (κ2) is 5.92. The third kappa shape index (κ3) is 2.33. The van der Waals surface area contributed by atoms with Gasteiger partial charge in [-0.25, -0.2) is 0 Å². The second-order valence-corrected chi connectivity index (χ2v) is 5.84. The zero-order valence-electron chi connectivity index (χ0n) is 12.1. The lowest BCUT2D eigenvalue weighted by Gasteiger charge is -2.16. The van der Waals surface area contributed by atoms with Crippen LogP contribution >= 0.6 is 0 Å². The maximum absolute atomic E-state index is 12.8. The Hall–Kier alpha value is -1.41. The SMILES string of the molecule is CCCCCC1=C2COC[C@H]2[C@@H](c2ccccc2)C1=O. The van der Waals surface area contributed by atoms with Crippen molar-refractivity contribution in [2.45, 2.75) is 38.5 Å². The van der Waals surface area contributed by atoms with Gasteiger partial charge < -0.3 is 4.74 Å². The Morgan fingerprint density at radius 3 is 2.75 bits per heavy atom. The number of benzene rings is 1. The van der Waals surface area contributed by atoms with E-state index in [1.165, 1.54) is 18.4 Å². The molecular weight excluding hydrogens is 248 g/mol. The molecule has 0 saturated carbocycles. The molecule has 3 rings (SSSR count). The monoisotopic (exact) mass is 270 g/mol. The van der Waals surface area contributed by atoms with Crippen LogP contribution in [0, 0.1) is 5.92 Å². The molecule has 1 aliphatic heterocycles. The van der Waals surface area contributed by atoms with E-state index >= 15 is 0 Å². The highest BCUT2D eigenvalue weighted by atomic mass is 16.5. The molecule has 1 aromatic carbocycles. The van der Waals surface area contributed by atoms with Crippen molar-refractivity contribution in [2.24, 2.45) is 5.92 Å². The molecular formula is C18H22O2. The standard InChI is InChI=1S/C18H22O2/c1-2-3-5-10-14-15-11-20-12-16(15)17(18(14)19)13-8-6-4-7-9-13/h4,6-9,16-17H,2-3,5,10-12H2,1H3/t16-,17-/m1/s1. The van der Waals surface area contributed by atoms with Gasteiger partial charge in [-0.15, -0.1) is 0 Å². The summed E-state index contributed by atoms with van der Waals surface area (Å²) in [6, 6.07) is 10.2. The van der Waals surface area contributed by atoms with Crippen LogP contribution in [0.3, 0.4) is 0 Å². The molecule has 0 spiro atoms. The number of allylic oxidation sites excluding steroid dienone is 1. The molecule has 0 unspecified atom stereocenters. The van der Waals surface area contributed by atoms with Gasteiger partial charge in [-0.3, -0.25) is 4.79 Å². The molecule has 2 atom stereocenters. The summed E-state index contributed by atoms with van der Waals surface area (Å²) in [5.41, 5.74) is 3.52. The summed E-state index contributed by atoms with van der Waals surface area (Å²) in [5.74, 6) is 0.655. The predicted molar refractivity (Wildman–Crippen MR) is 79.7 cm³/mol. The van der Waals surface area contributed by atoms with Crippen molar-refractivity contribution in [3.63, 3.8) is 0 Å². The number of fused-ring (bicyclic) bond motifs is 1. The smallest absolute Gasteiger partial charge is 0.167 e. The number of unbranched alkanes of at least 4 members (excludes halogenated alkanes) is 2. The van der Waals surface area contributed by atoms with Gasteiger partial charge in [-0.1, -0.05) is 50.1 Å². The molecule has 0 aromatic heterocycles. The number of ketones is 1. The largest absolute Gasteiger partial charge is 0.376 e. The predicted octanol–water partition coefficient (Wildman–Crippen LogP) is 3.88. The maximum atomic E-state index is 12.8. The second-order valence-electron chi connectivity index (χ2n) is 5.84. The fraction of sp³-hybridized carbons (Fsp3) is 0.500. The van der Waals surface area contributed by atoms with Crippen LogP contribution in [0.1, 0.15) is 44.1 Å². The van der Waals surface area contributed by atoms with Gasteiger partial charge in [0.05, 0.1) is 19.1 Å². The summed E-state index contributed by atoms with van der Waals surface area (Å²) in [6.07, 6.45) is 4.45. The molecule has 106 valence electrons. The Labute approximate surface area is 120 Å². The summed E-state index contributed by atoms with van der Waals surface area (Å²) < 4.78 is 5.64. The van der Waals surface area contributed by atoms with Gasteiger partial charge in [0.15, 0.2) is 5.78 Å². The molecule has 1 fully saturated rings. The van der Waals surface area contributed by atoms with E-state index < -0.39 is 0 Å². The zero-order chi connectivity index (χ0) is 13.9. The summed E-state index contributed by atoms with van der Waals surface area (Å²) in [4.78, 5) is 12.8. The van der Waals surface area contributed by atoms with E-state index in [2.05, 4.69) is 19.1 Å². The van der Waals surface area contributed by atoms with Gasteiger partial charge in [0.2, 0.25) is 0 Å². The number of carbonyl (C=O) groups is 1. The zero-order valence-corrected chi connectivity index (χ0v) is 12.1. The molecule has 2 heteroatoms. The van der Waals surface area contributed by atoms with Crippen molar-refractivity contribution in [3.05, 3.63) is 47.0 Å². The van der Waals surface area contributed by atoms with Crippen molar-refractivity contribution in [1.82, 2.24) is 0 Å². The molecule has 1 aromatic rings. The average molecular weight is 270 g/mol. The summed E-state index contributed by atoms with van der Waals surface area (Å²) in [7, 11) is 0. The molecule has 20 heavy (non-hydrogen) atoms. The van der Waals surface area contributed by atoms with Gasteiger partial charge in [0, 0.05) is 5.92 Å². The van der Waals surface area contributed by atoms with E-state index in [9.17, 15) is 4.79 Å². The quantitative estimate of drug-likeness (QED) is 0.759.